The number of rotatable bonds is 2. The number of halogens is 1. The maximum atomic E-state index is 6.38. The number of nitrogens with zero attached hydrogens (tertiary/aromatic N) is 1. The van der Waals surface area contributed by atoms with Crippen molar-refractivity contribution >= 4 is 17.3 Å². The second kappa shape index (κ2) is 5.47. The van der Waals surface area contributed by atoms with Crippen LogP contribution in [0.25, 0.3) is 0 Å². The van der Waals surface area contributed by atoms with Crippen LogP contribution in [0.4, 0.5) is 5.69 Å². The zero-order valence-corrected chi connectivity index (χ0v) is 12.6. The molecule has 2 aromatic carbocycles. The number of benzene rings is 2. The summed E-state index contributed by atoms with van der Waals surface area (Å²) in [7, 11) is 4.14. The Morgan fingerprint density at radius 2 is 1.90 bits per heavy atom. The van der Waals surface area contributed by atoms with E-state index in [2.05, 4.69) is 48.6 Å². The Bertz CT molecular complexity index is 622. The van der Waals surface area contributed by atoms with Crippen LogP contribution >= 0.6 is 11.6 Å². The molecular formula is C17H19ClN2. The highest BCUT2D eigenvalue weighted by Crippen LogP contribution is 2.34. The molecule has 1 aliphatic heterocycles. The van der Waals surface area contributed by atoms with E-state index < -0.39 is 0 Å². The van der Waals surface area contributed by atoms with E-state index in [1.165, 1.54) is 16.8 Å². The maximum Gasteiger partial charge on any atom is 0.0595 e. The highest BCUT2D eigenvalue weighted by atomic mass is 35.5. The third kappa shape index (κ3) is 2.41. The van der Waals surface area contributed by atoms with Crippen LogP contribution in [-0.4, -0.2) is 20.6 Å². The van der Waals surface area contributed by atoms with Crippen LogP contribution in [0.5, 0.6) is 0 Å². The standard InChI is InChI=1S/C17H19ClN2/c1-20(2)13-8-7-12-9-10-19-17(15(12)11-13)14-5-3-4-6-16(14)18/h3-8,11,17,19H,9-10H2,1-2H3. The van der Waals surface area contributed by atoms with Gasteiger partial charge in [0, 0.05) is 31.4 Å². The lowest BCUT2D eigenvalue weighted by atomic mass is 9.89. The molecule has 0 saturated heterocycles. The van der Waals surface area contributed by atoms with Gasteiger partial charge >= 0.3 is 0 Å². The molecule has 1 aliphatic rings. The Balaban J connectivity index is 2.09. The van der Waals surface area contributed by atoms with Crippen molar-refractivity contribution in [3.63, 3.8) is 0 Å². The van der Waals surface area contributed by atoms with E-state index in [4.69, 9.17) is 11.6 Å². The molecule has 2 nitrogen and oxygen atoms in total. The van der Waals surface area contributed by atoms with E-state index in [-0.39, 0.29) is 6.04 Å². The van der Waals surface area contributed by atoms with E-state index in [1.54, 1.807) is 0 Å². The van der Waals surface area contributed by atoms with Gasteiger partial charge in [-0.1, -0.05) is 35.9 Å². The lowest BCUT2D eigenvalue weighted by Crippen LogP contribution is -2.31. The van der Waals surface area contributed by atoms with E-state index in [0.29, 0.717) is 0 Å². The lowest BCUT2D eigenvalue weighted by molar-refractivity contribution is 0.568. The normalized spacial score (nSPS) is 17.6. The Kier molecular flexibility index (Phi) is 3.68. The molecule has 1 atom stereocenters. The van der Waals surface area contributed by atoms with Crippen molar-refractivity contribution in [2.75, 3.05) is 25.5 Å². The van der Waals surface area contributed by atoms with E-state index in [9.17, 15) is 0 Å². The first kappa shape index (κ1) is 13.5. The first-order valence-corrected chi connectivity index (χ1v) is 7.32. The summed E-state index contributed by atoms with van der Waals surface area (Å²) in [5.74, 6) is 0. The third-order valence-electron chi connectivity index (χ3n) is 3.92. The van der Waals surface area contributed by atoms with Gasteiger partial charge in [0.1, 0.15) is 0 Å². The van der Waals surface area contributed by atoms with Crippen LogP contribution < -0.4 is 10.2 Å². The van der Waals surface area contributed by atoms with Gasteiger partial charge in [0.15, 0.2) is 0 Å². The number of nitrogens with one attached hydrogen (secondary N) is 1. The van der Waals surface area contributed by atoms with Crippen LogP contribution in [-0.2, 0) is 6.42 Å². The highest BCUT2D eigenvalue weighted by Gasteiger charge is 2.23. The predicted octanol–water partition coefficient (Wildman–Crippen LogP) is 3.64. The van der Waals surface area contributed by atoms with Gasteiger partial charge in [0.25, 0.3) is 0 Å². The fourth-order valence-electron chi connectivity index (χ4n) is 2.80. The molecule has 0 bridgehead atoms. The number of hydrogen-bond acceptors (Lipinski definition) is 2. The maximum absolute atomic E-state index is 6.38. The molecule has 3 heteroatoms. The fourth-order valence-corrected chi connectivity index (χ4v) is 3.05. The molecule has 1 unspecified atom stereocenters. The van der Waals surface area contributed by atoms with Crippen molar-refractivity contribution in [2.24, 2.45) is 0 Å². The summed E-state index contributed by atoms with van der Waals surface area (Å²) < 4.78 is 0. The van der Waals surface area contributed by atoms with Gasteiger partial charge in [-0.15, -0.1) is 0 Å². The quantitative estimate of drug-likeness (QED) is 0.907. The molecule has 0 saturated carbocycles. The van der Waals surface area contributed by atoms with E-state index in [1.807, 2.05) is 18.2 Å². The van der Waals surface area contributed by atoms with Crippen molar-refractivity contribution in [1.29, 1.82) is 0 Å². The lowest BCUT2D eigenvalue weighted by Gasteiger charge is -2.29. The Morgan fingerprint density at radius 3 is 2.65 bits per heavy atom. The molecule has 1 heterocycles. The summed E-state index contributed by atoms with van der Waals surface area (Å²) >= 11 is 6.38. The second-order valence-electron chi connectivity index (χ2n) is 5.44. The third-order valence-corrected chi connectivity index (χ3v) is 4.26. The molecule has 0 spiro atoms. The Hall–Kier alpha value is -1.51. The summed E-state index contributed by atoms with van der Waals surface area (Å²) in [6.07, 6.45) is 1.07. The zero-order chi connectivity index (χ0) is 14.1. The summed E-state index contributed by atoms with van der Waals surface area (Å²) in [6.45, 7) is 0.990. The van der Waals surface area contributed by atoms with Crippen molar-refractivity contribution < 1.29 is 0 Å². The molecule has 3 rings (SSSR count). The van der Waals surface area contributed by atoms with Gasteiger partial charge < -0.3 is 10.2 Å². The molecule has 0 radical (unpaired) electrons. The van der Waals surface area contributed by atoms with Gasteiger partial charge in [-0.25, -0.2) is 0 Å². The topological polar surface area (TPSA) is 15.3 Å². The minimum atomic E-state index is 0.187. The molecular weight excluding hydrogens is 268 g/mol. The average Bonchev–Trinajstić information content (AvgIpc) is 2.46. The van der Waals surface area contributed by atoms with Gasteiger partial charge in [0.05, 0.1) is 6.04 Å². The first-order chi connectivity index (χ1) is 9.66. The Morgan fingerprint density at radius 1 is 1.10 bits per heavy atom. The van der Waals surface area contributed by atoms with E-state index >= 15 is 0 Å². The monoisotopic (exact) mass is 286 g/mol. The van der Waals surface area contributed by atoms with Crippen LogP contribution in [0.15, 0.2) is 42.5 Å². The number of hydrogen-bond donors (Lipinski definition) is 1. The molecule has 1 N–H and O–H groups in total. The predicted molar refractivity (Wildman–Crippen MR) is 85.8 cm³/mol. The molecule has 104 valence electrons. The summed E-state index contributed by atoms with van der Waals surface area (Å²) in [4.78, 5) is 2.14. The smallest absolute Gasteiger partial charge is 0.0595 e. The SMILES string of the molecule is CN(C)c1ccc2c(c1)C(c1ccccc1Cl)NCC2. The summed E-state index contributed by atoms with van der Waals surface area (Å²) in [5.41, 5.74) is 5.14. The van der Waals surface area contributed by atoms with Crippen LogP contribution in [0, 0.1) is 0 Å². The van der Waals surface area contributed by atoms with Gasteiger partial charge in [0.2, 0.25) is 0 Å². The first-order valence-electron chi connectivity index (χ1n) is 6.95. The van der Waals surface area contributed by atoms with Gasteiger partial charge in [-0.05, 0) is 41.3 Å². The van der Waals surface area contributed by atoms with Crippen molar-refractivity contribution in [3.8, 4) is 0 Å². The molecule has 0 aliphatic carbocycles. The van der Waals surface area contributed by atoms with E-state index in [0.717, 1.165) is 23.6 Å². The minimum absolute atomic E-state index is 0.187. The van der Waals surface area contributed by atoms with Crippen molar-refractivity contribution in [1.82, 2.24) is 5.32 Å². The second-order valence-corrected chi connectivity index (χ2v) is 5.84. The molecule has 0 aromatic heterocycles. The molecule has 0 fully saturated rings. The van der Waals surface area contributed by atoms with Crippen LogP contribution in [0.2, 0.25) is 5.02 Å². The molecule has 0 amide bonds. The highest BCUT2D eigenvalue weighted by molar-refractivity contribution is 6.31. The molecule has 20 heavy (non-hydrogen) atoms. The summed E-state index contributed by atoms with van der Waals surface area (Å²) in [6, 6.07) is 15.0. The number of fused-ring (bicyclic) bond motifs is 1. The Labute approximate surface area is 125 Å². The minimum Gasteiger partial charge on any atom is -0.378 e. The van der Waals surface area contributed by atoms with Crippen molar-refractivity contribution in [2.45, 2.75) is 12.5 Å². The van der Waals surface area contributed by atoms with Gasteiger partial charge in [-0.2, -0.15) is 0 Å². The van der Waals surface area contributed by atoms with Crippen LogP contribution in [0.1, 0.15) is 22.7 Å². The zero-order valence-electron chi connectivity index (χ0n) is 11.9. The summed E-state index contributed by atoms with van der Waals surface area (Å²) in [5, 5.41) is 4.42. The average molecular weight is 287 g/mol. The molecule has 2 aromatic rings. The van der Waals surface area contributed by atoms with Crippen molar-refractivity contribution in [3.05, 3.63) is 64.2 Å². The largest absolute Gasteiger partial charge is 0.378 e. The fraction of sp³-hybridized carbons (Fsp3) is 0.294. The van der Waals surface area contributed by atoms with Crippen LogP contribution in [0.3, 0.4) is 0 Å². The number of anilines is 1. The van der Waals surface area contributed by atoms with Gasteiger partial charge in [-0.3, -0.25) is 0 Å².